The molecule has 1 aromatic carbocycles. The fourth-order valence-electron chi connectivity index (χ4n) is 1.29. The number of hydrogen-bond acceptors (Lipinski definition) is 2. The summed E-state index contributed by atoms with van der Waals surface area (Å²) in [6.07, 6.45) is 2.91. The lowest BCUT2D eigenvalue weighted by Gasteiger charge is -1.93. The molecule has 4 heteroatoms. The van der Waals surface area contributed by atoms with Gasteiger partial charge in [-0.1, -0.05) is 11.8 Å². The summed E-state index contributed by atoms with van der Waals surface area (Å²) in [5.74, 6) is 3.56. The molecule has 18 heavy (non-hydrogen) atoms. The first-order valence-corrected chi connectivity index (χ1v) is 5.01. The van der Waals surface area contributed by atoms with Crippen molar-refractivity contribution in [2.75, 3.05) is 0 Å². The summed E-state index contributed by atoms with van der Waals surface area (Å²) in [5.41, 5.74) is 1.29. The highest BCUT2D eigenvalue weighted by Crippen LogP contribution is 2.08. The summed E-state index contributed by atoms with van der Waals surface area (Å²) in [6.45, 7) is 0. The molecule has 0 atom stereocenters. The second kappa shape index (κ2) is 5.07. The molecule has 2 rings (SSSR count). The van der Waals surface area contributed by atoms with Crippen molar-refractivity contribution < 1.29 is 8.78 Å². The van der Waals surface area contributed by atoms with Crippen LogP contribution in [0.5, 0.6) is 0 Å². The monoisotopic (exact) mass is 240 g/mol. The highest BCUT2D eigenvalue weighted by atomic mass is 19.2. The first-order valence-electron chi connectivity index (χ1n) is 5.01. The fourth-order valence-corrected chi connectivity index (χ4v) is 1.29. The molecule has 2 nitrogen and oxygen atoms in total. The largest absolute Gasteiger partial charge is 0.262 e. The van der Waals surface area contributed by atoms with Gasteiger partial charge in [0.25, 0.3) is 0 Å². The number of hydrogen-bond donors (Lipinski definition) is 0. The second-order valence-electron chi connectivity index (χ2n) is 3.45. The van der Waals surface area contributed by atoms with E-state index in [2.05, 4.69) is 16.8 Å². The number of rotatable bonds is 0. The normalized spacial score (nSPS) is 9.17. The highest BCUT2D eigenvalue weighted by molar-refractivity contribution is 5.44. The molecule has 0 bridgehead atoms. The summed E-state index contributed by atoms with van der Waals surface area (Å²) in [7, 11) is 0. The molecular formula is C14H6F2N2. The molecule has 0 unspecified atom stereocenters. The van der Waals surface area contributed by atoms with E-state index in [-0.39, 0.29) is 0 Å². The minimum absolute atomic E-state index is 0.358. The topological polar surface area (TPSA) is 36.7 Å². The lowest BCUT2D eigenvalue weighted by molar-refractivity contribution is 0.508. The first-order chi connectivity index (χ1) is 8.69. The highest BCUT2D eigenvalue weighted by Gasteiger charge is 2.00. The van der Waals surface area contributed by atoms with E-state index in [1.165, 1.54) is 18.5 Å². The minimum Gasteiger partial charge on any atom is -0.262 e. The zero-order valence-electron chi connectivity index (χ0n) is 9.11. The van der Waals surface area contributed by atoms with Crippen molar-refractivity contribution in [3.63, 3.8) is 0 Å². The molecule has 0 radical (unpaired) electrons. The standard InChI is InChI=1S/C14H6F2N2/c15-13-4-3-10(6-14(13)16)1-2-11-5-12(7-17)9-18-8-11/h3-6,8-9H. The van der Waals surface area contributed by atoms with Crippen LogP contribution in [0.3, 0.4) is 0 Å². The van der Waals surface area contributed by atoms with Gasteiger partial charge in [0.15, 0.2) is 11.6 Å². The van der Waals surface area contributed by atoms with Gasteiger partial charge in [-0.05, 0) is 24.3 Å². The van der Waals surface area contributed by atoms with Gasteiger partial charge < -0.3 is 0 Å². The summed E-state index contributed by atoms with van der Waals surface area (Å²) >= 11 is 0. The van der Waals surface area contributed by atoms with E-state index in [9.17, 15) is 8.78 Å². The minimum atomic E-state index is -0.939. The van der Waals surface area contributed by atoms with Crippen LogP contribution in [0.15, 0.2) is 36.7 Å². The maximum atomic E-state index is 12.9. The van der Waals surface area contributed by atoms with Gasteiger partial charge >= 0.3 is 0 Å². The van der Waals surface area contributed by atoms with Crippen LogP contribution in [0.1, 0.15) is 16.7 Å². The van der Waals surface area contributed by atoms with Crippen molar-refractivity contribution in [2.24, 2.45) is 0 Å². The number of halogens is 2. The molecule has 0 saturated carbocycles. The van der Waals surface area contributed by atoms with Gasteiger partial charge in [0.2, 0.25) is 0 Å². The molecule has 1 aromatic heterocycles. The van der Waals surface area contributed by atoms with Crippen molar-refractivity contribution in [3.05, 3.63) is 65.0 Å². The zero-order valence-corrected chi connectivity index (χ0v) is 9.11. The summed E-state index contributed by atoms with van der Waals surface area (Å²) < 4.78 is 25.6. The molecule has 0 saturated heterocycles. The van der Waals surface area contributed by atoms with Crippen molar-refractivity contribution >= 4 is 0 Å². The number of aromatic nitrogens is 1. The van der Waals surface area contributed by atoms with Gasteiger partial charge in [-0.3, -0.25) is 4.98 Å². The van der Waals surface area contributed by atoms with Crippen molar-refractivity contribution in [1.82, 2.24) is 4.98 Å². The second-order valence-corrected chi connectivity index (χ2v) is 3.45. The van der Waals surface area contributed by atoms with Crippen LogP contribution >= 0.6 is 0 Å². The number of benzene rings is 1. The van der Waals surface area contributed by atoms with Gasteiger partial charge in [-0.25, -0.2) is 8.78 Å². The predicted octanol–water partition coefficient (Wildman–Crippen LogP) is 2.63. The van der Waals surface area contributed by atoms with Crippen molar-refractivity contribution in [2.45, 2.75) is 0 Å². The van der Waals surface area contributed by atoms with E-state index in [1.807, 2.05) is 6.07 Å². The number of nitriles is 1. The fraction of sp³-hybridized carbons (Fsp3) is 0. The van der Waals surface area contributed by atoms with Crippen LogP contribution in [-0.4, -0.2) is 4.98 Å². The predicted molar refractivity (Wildman–Crippen MR) is 61.3 cm³/mol. The Hall–Kier alpha value is -2.72. The third kappa shape index (κ3) is 2.69. The Morgan fingerprint density at radius 2 is 1.61 bits per heavy atom. The molecule has 2 aromatic rings. The summed E-state index contributed by atoms with van der Waals surface area (Å²) in [5, 5.41) is 8.68. The van der Waals surface area contributed by atoms with E-state index in [0.717, 1.165) is 12.1 Å². The third-order valence-electron chi connectivity index (χ3n) is 2.14. The Morgan fingerprint density at radius 1 is 0.889 bits per heavy atom. The Balaban J connectivity index is 2.31. The molecule has 0 N–H and O–H groups in total. The maximum Gasteiger partial charge on any atom is 0.160 e. The Labute approximate surface area is 103 Å². The summed E-state index contributed by atoms with van der Waals surface area (Å²) in [6, 6.07) is 6.93. The molecule has 86 valence electrons. The smallest absolute Gasteiger partial charge is 0.160 e. The molecule has 0 aliphatic heterocycles. The first kappa shape index (κ1) is 11.8. The average Bonchev–Trinajstić information content (AvgIpc) is 2.40. The molecular weight excluding hydrogens is 234 g/mol. The SMILES string of the molecule is N#Cc1cncc(C#Cc2ccc(F)c(F)c2)c1. The molecule has 0 aliphatic rings. The molecule has 0 aliphatic carbocycles. The third-order valence-corrected chi connectivity index (χ3v) is 2.14. The van der Waals surface area contributed by atoms with Gasteiger partial charge in [0, 0.05) is 23.5 Å². The van der Waals surface area contributed by atoms with E-state index in [1.54, 1.807) is 6.07 Å². The Kier molecular flexibility index (Phi) is 3.31. The molecule has 0 fully saturated rings. The molecule has 1 heterocycles. The number of nitrogens with zero attached hydrogens (tertiary/aromatic N) is 2. The van der Waals surface area contributed by atoms with Crippen molar-refractivity contribution in [1.29, 1.82) is 5.26 Å². The van der Waals surface area contributed by atoms with E-state index in [0.29, 0.717) is 16.7 Å². The Morgan fingerprint density at radius 3 is 2.33 bits per heavy atom. The van der Waals surface area contributed by atoms with Gasteiger partial charge in [-0.15, -0.1) is 0 Å². The van der Waals surface area contributed by atoms with Crippen molar-refractivity contribution in [3.8, 4) is 17.9 Å². The Bertz CT molecular complexity index is 691. The van der Waals surface area contributed by atoms with Crippen LogP contribution in [0.4, 0.5) is 8.78 Å². The van der Waals surface area contributed by atoms with E-state index in [4.69, 9.17) is 5.26 Å². The van der Waals surface area contributed by atoms with E-state index >= 15 is 0 Å². The van der Waals surface area contributed by atoms with Gasteiger partial charge in [-0.2, -0.15) is 5.26 Å². The van der Waals surface area contributed by atoms with Crippen LogP contribution in [0.25, 0.3) is 0 Å². The van der Waals surface area contributed by atoms with Crippen LogP contribution in [0.2, 0.25) is 0 Å². The van der Waals surface area contributed by atoms with Crippen LogP contribution < -0.4 is 0 Å². The lowest BCUT2D eigenvalue weighted by Crippen LogP contribution is -1.85. The van der Waals surface area contributed by atoms with E-state index < -0.39 is 11.6 Å². The molecule has 0 amide bonds. The van der Waals surface area contributed by atoms with Crippen LogP contribution in [0, 0.1) is 34.8 Å². The quantitative estimate of drug-likeness (QED) is 0.664. The van der Waals surface area contributed by atoms with Gasteiger partial charge in [0.05, 0.1) is 5.56 Å². The summed E-state index contributed by atoms with van der Waals surface area (Å²) in [4.78, 5) is 3.84. The zero-order chi connectivity index (χ0) is 13.0. The number of pyridine rings is 1. The molecule has 0 spiro atoms. The lowest BCUT2D eigenvalue weighted by atomic mass is 10.2. The average molecular weight is 240 g/mol. The van der Waals surface area contributed by atoms with Gasteiger partial charge in [0.1, 0.15) is 6.07 Å². The van der Waals surface area contributed by atoms with Crippen LogP contribution in [-0.2, 0) is 0 Å². The maximum absolute atomic E-state index is 12.9.